The fourth-order valence-electron chi connectivity index (χ4n) is 2.46. The van der Waals surface area contributed by atoms with Gasteiger partial charge >= 0.3 is 0 Å². The predicted molar refractivity (Wildman–Crippen MR) is 81.6 cm³/mol. The molecule has 3 rings (SSSR count). The van der Waals surface area contributed by atoms with Crippen LogP contribution >= 0.6 is 0 Å². The fourth-order valence-corrected chi connectivity index (χ4v) is 2.46. The summed E-state index contributed by atoms with van der Waals surface area (Å²) < 4.78 is 18.9. The molecule has 0 aromatic heterocycles. The van der Waals surface area contributed by atoms with Crippen molar-refractivity contribution < 1.29 is 9.13 Å². The molecule has 0 spiro atoms. The Hall–Kier alpha value is -2.36. The van der Waals surface area contributed by atoms with Gasteiger partial charge in [-0.3, -0.25) is 5.41 Å². The van der Waals surface area contributed by atoms with Gasteiger partial charge in [-0.1, -0.05) is 13.0 Å². The van der Waals surface area contributed by atoms with E-state index < -0.39 is 0 Å². The van der Waals surface area contributed by atoms with Crippen LogP contribution in [0.1, 0.15) is 24.5 Å². The molecule has 0 atom stereocenters. The molecule has 2 aromatic rings. The third kappa shape index (κ3) is 2.61. The second kappa shape index (κ2) is 5.56. The summed E-state index contributed by atoms with van der Waals surface area (Å²) in [5, 5.41) is 8.21. The van der Waals surface area contributed by atoms with E-state index in [-0.39, 0.29) is 5.82 Å². The molecule has 1 heterocycles. The summed E-state index contributed by atoms with van der Waals surface area (Å²) in [4.78, 5) is 1.87. The molecule has 3 nitrogen and oxygen atoms in total. The maximum atomic E-state index is 13.3. The lowest BCUT2D eigenvalue weighted by Gasteiger charge is -2.18. The van der Waals surface area contributed by atoms with E-state index in [0.717, 1.165) is 23.4 Å². The molecule has 0 aliphatic carbocycles. The van der Waals surface area contributed by atoms with Crippen LogP contribution in [-0.4, -0.2) is 12.4 Å². The first-order valence-corrected chi connectivity index (χ1v) is 7.07. The van der Waals surface area contributed by atoms with Crippen LogP contribution in [0.3, 0.4) is 0 Å². The predicted octanol–water partition coefficient (Wildman–Crippen LogP) is 3.96. The number of amidine groups is 1. The number of hydrogen-bond donors (Lipinski definition) is 1. The van der Waals surface area contributed by atoms with Gasteiger partial charge in [0.05, 0.1) is 13.2 Å². The standard InChI is InChI=1S/C17H17FN2O/c1-2-9-21-15-7-5-14(6-8-15)20-11-12-3-4-13(18)10-16(12)17(20)19/h3-8,10,19H,2,9,11H2,1H3. The van der Waals surface area contributed by atoms with Crippen LogP contribution < -0.4 is 9.64 Å². The highest BCUT2D eigenvalue weighted by atomic mass is 19.1. The zero-order chi connectivity index (χ0) is 14.8. The van der Waals surface area contributed by atoms with Crippen LogP contribution in [0.4, 0.5) is 10.1 Å². The SMILES string of the molecule is CCCOc1ccc(N2Cc3ccc(F)cc3C2=N)cc1. The van der Waals surface area contributed by atoms with E-state index in [0.29, 0.717) is 24.6 Å². The van der Waals surface area contributed by atoms with Crippen LogP contribution in [0.25, 0.3) is 0 Å². The number of ether oxygens (including phenoxy) is 1. The maximum Gasteiger partial charge on any atom is 0.133 e. The highest BCUT2D eigenvalue weighted by molar-refractivity contribution is 6.11. The normalized spacial score (nSPS) is 13.4. The number of fused-ring (bicyclic) bond motifs is 1. The molecule has 0 radical (unpaired) electrons. The first-order chi connectivity index (χ1) is 10.2. The number of hydrogen-bond acceptors (Lipinski definition) is 2. The van der Waals surface area contributed by atoms with Crippen molar-refractivity contribution in [3.8, 4) is 5.75 Å². The zero-order valence-corrected chi connectivity index (χ0v) is 11.9. The van der Waals surface area contributed by atoms with Crippen molar-refractivity contribution >= 4 is 11.5 Å². The summed E-state index contributed by atoms with van der Waals surface area (Å²) in [6.07, 6.45) is 0.972. The summed E-state index contributed by atoms with van der Waals surface area (Å²) in [5.41, 5.74) is 2.56. The minimum atomic E-state index is -0.302. The molecule has 1 aliphatic heterocycles. The third-order valence-electron chi connectivity index (χ3n) is 3.55. The van der Waals surface area contributed by atoms with Gasteiger partial charge in [-0.15, -0.1) is 0 Å². The van der Waals surface area contributed by atoms with Gasteiger partial charge in [0.25, 0.3) is 0 Å². The minimum absolute atomic E-state index is 0.302. The molecule has 0 saturated heterocycles. The topological polar surface area (TPSA) is 36.3 Å². The number of halogens is 1. The lowest BCUT2D eigenvalue weighted by molar-refractivity contribution is 0.317. The van der Waals surface area contributed by atoms with Gasteiger partial charge in [0.15, 0.2) is 0 Å². The molecule has 0 bridgehead atoms. The van der Waals surface area contributed by atoms with E-state index in [2.05, 4.69) is 6.92 Å². The Morgan fingerprint density at radius 1 is 1.19 bits per heavy atom. The average molecular weight is 284 g/mol. The van der Waals surface area contributed by atoms with Crippen molar-refractivity contribution in [1.82, 2.24) is 0 Å². The number of rotatable bonds is 4. The molecule has 0 fully saturated rings. The molecule has 0 saturated carbocycles. The lowest BCUT2D eigenvalue weighted by atomic mass is 10.1. The van der Waals surface area contributed by atoms with E-state index in [9.17, 15) is 4.39 Å². The number of anilines is 1. The second-order valence-electron chi connectivity index (χ2n) is 5.08. The Labute approximate surface area is 123 Å². The second-order valence-corrected chi connectivity index (χ2v) is 5.08. The molecule has 21 heavy (non-hydrogen) atoms. The Kier molecular flexibility index (Phi) is 3.60. The Morgan fingerprint density at radius 2 is 1.95 bits per heavy atom. The molecule has 1 aliphatic rings. The maximum absolute atomic E-state index is 13.3. The van der Waals surface area contributed by atoms with Gasteiger partial charge in [-0.25, -0.2) is 4.39 Å². The van der Waals surface area contributed by atoms with Crippen molar-refractivity contribution in [1.29, 1.82) is 5.41 Å². The van der Waals surface area contributed by atoms with E-state index >= 15 is 0 Å². The minimum Gasteiger partial charge on any atom is -0.494 e. The van der Waals surface area contributed by atoms with E-state index in [1.54, 1.807) is 6.07 Å². The summed E-state index contributed by atoms with van der Waals surface area (Å²) in [7, 11) is 0. The summed E-state index contributed by atoms with van der Waals surface area (Å²) in [6.45, 7) is 3.36. The van der Waals surface area contributed by atoms with Crippen LogP contribution in [0.5, 0.6) is 5.75 Å². The van der Waals surface area contributed by atoms with Gasteiger partial charge in [0.1, 0.15) is 17.4 Å². The smallest absolute Gasteiger partial charge is 0.133 e. The molecular weight excluding hydrogens is 267 g/mol. The van der Waals surface area contributed by atoms with Crippen molar-refractivity contribution in [3.63, 3.8) is 0 Å². The Balaban J connectivity index is 1.81. The van der Waals surface area contributed by atoms with Crippen LogP contribution in [0.2, 0.25) is 0 Å². The van der Waals surface area contributed by atoms with Crippen molar-refractivity contribution in [3.05, 3.63) is 59.4 Å². The van der Waals surface area contributed by atoms with Crippen LogP contribution in [0.15, 0.2) is 42.5 Å². The third-order valence-corrected chi connectivity index (χ3v) is 3.55. The first kappa shape index (κ1) is 13.6. The van der Waals surface area contributed by atoms with E-state index in [1.807, 2.05) is 29.2 Å². The molecule has 108 valence electrons. The van der Waals surface area contributed by atoms with Crippen molar-refractivity contribution in [2.45, 2.75) is 19.9 Å². The lowest BCUT2D eigenvalue weighted by Crippen LogP contribution is -2.22. The van der Waals surface area contributed by atoms with Gasteiger partial charge in [0.2, 0.25) is 0 Å². The van der Waals surface area contributed by atoms with E-state index in [1.165, 1.54) is 12.1 Å². The molecule has 0 unspecified atom stereocenters. The van der Waals surface area contributed by atoms with Crippen LogP contribution in [0, 0.1) is 11.2 Å². The number of nitrogens with one attached hydrogen (secondary N) is 1. The number of benzene rings is 2. The molecule has 4 heteroatoms. The van der Waals surface area contributed by atoms with Gasteiger partial charge in [-0.05, 0) is 48.4 Å². The van der Waals surface area contributed by atoms with Gasteiger partial charge in [0, 0.05) is 11.3 Å². The fraction of sp³-hybridized carbons (Fsp3) is 0.235. The van der Waals surface area contributed by atoms with Crippen molar-refractivity contribution in [2.24, 2.45) is 0 Å². The highest BCUT2D eigenvalue weighted by Gasteiger charge is 2.25. The Bertz CT molecular complexity index is 667. The van der Waals surface area contributed by atoms with E-state index in [4.69, 9.17) is 10.1 Å². The summed E-state index contributed by atoms with van der Waals surface area (Å²) in [6, 6.07) is 12.3. The number of nitrogens with zero attached hydrogens (tertiary/aromatic N) is 1. The molecule has 1 N–H and O–H groups in total. The van der Waals surface area contributed by atoms with Crippen molar-refractivity contribution in [2.75, 3.05) is 11.5 Å². The monoisotopic (exact) mass is 284 g/mol. The first-order valence-electron chi connectivity index (χ1n) is 7.07. The Morgan fingerprint density at radius 3 is 2.67 bits per heavy atom. The summed E-state index contributed by atoms with van der Waals surface area (Å²) >= 11 is 0. The highest BCUT2D eigenvalue weighted by Crippen LogP contribution is 2.29. The average Bonchev–Trinajstić information content (AvgIpc) is 2.83. The summed E-state index contributed by atoms with van der Waals surface area (Å²) in [5.74, 6) is 0.866. The zero-order valence-electron chi connectivity index (χ0n) is 11.9. The molecular formula is C17H17FN2O. The quantitative estimate of drug-likeness (QED) is 0.922. The molecule has 0 amide bonds. The molecule has 2 aromatic carbocycles. The largest absolute Gasteiger partial charge is 0.494 e. The van der Waals surface area contributed by atoms with Gasteiger partial charge < -0.3 is 9.64 Å². The van der Waals surface area contributed by atoms with Gasteiger partial charge in [-0.2, -0.15) is 0 Å². The van der Waals surface area contributed by atoms with Crippen LogP contribution in [-0.2, 0) is 6.54 Å².